The first-order chi connectivity index (χ1) is 17.9. The number of rotatable bonds is 0. The Morgan fingerprint density at radius 3 is 0.556 bits per heavy atom. The summed E-state index contributed by atoms with van der Waals surface area (Å²) >= 11 is 0. The van der Waals surface area contributed by atoms with Crippen LogP contribution in [0, 0.1) is 35.5 Å². The van der Waals surface area contributed by atoms with E-state index in [2.05, 4.69) is 35.5 Å². The van der Waals surface area contributed by atoms with Crippen molar-refractivity contribution in [3.63, 3.8) is 0 Å². The maximum Gasteiger partial charge on any atom is 0.00888 e. The van der Waals surface area contributed by atoms with Gasteiger partial charge in [0.25, 0.3) is 0 Å². The van der Waals surface area contributed by atoms with Crippen LogP contribution in [0.4, 0.5) is 0 Å². The van der Waals surface area contributed by atoms with Gasteiger partial charge in [0, 0.05) is 38.5 Å². The van der Waals surface area contributed by atoms with Gasteiger partial charge in [0.1, 0.15) is 0 Å². The molecule has 0 atom stereocenters. The fourth-order valence-corrected chi connectivity index (χ4v) is 6.52. The van der Waals surface area contributed by atoms with E-state index in [1.54, 1.807) is 33.4 Å². The van der Waals surface area contributed by atoms with Crippen molar-refractivity contribution >= 4 is 0 Å². The van der Waals surface area contributed by atoms with E-state index in [1.165, 1.54) is 116 Å². The van der Waals surface area contributed by atoms with Crippen LogP contribution in [-0.2, 0) is 38.5 Å². The zero-order valence-corrected chi connectivity index (χ0v) is 23.0. The maximum atomic E-state index is 3.45. The van der Waals surface area contributed by atoms with E-state index in [-0.39, 0.29) is 0 Å². The Kier molecular flexibility index (Phi) is 11.9. The number of benzene rings is 1. The second-order valence-electron chi connectivity index (χ2n) is 11.2. The third-order valence-electron chi connectivity index (χ3n) is 8.43. The molecular formula is C36H48. The Morgan fingerprint density at radius 1 is 0.222 bits per heavy atom. The number of fused-ring (bicyclic) bond motifs is 6. The van der Waals surface area contributed by atoms with Gasteiger partial charge in [-0.1, -0.05) is 0 Å². The lowest BCUT2D eigenvalue weighted by atomic mass is 9.77. The minimum atomic E-state index is 1.09. The highest BCUT2D eigenvalue weighted by molar-refractivity contribution is 5.53. The summed E-state index contributed by atoms with van der Waals surface area (Å²) in [4.78, 5) is 0. The molecule has 0 spiro atoms. The van der Waals surface area contributed by atoms with Gasteiger partial charge in [-0.15, -0.1) is 35.5 Å². The Bertz CT molecular complexity index is 792. The van der Waals surface area contributed by atoms with E-state index in [1.807, 2.05) is 0 Å². The predicted octanol–water partition coefficient (Wildman–Crippen LogP) is 9.01. The molecule has 0 heteroatoms. The van der Waals surface area contributed by atoms with Gasteiger partial charge in [0.15, 0.2) is 0 Å². The summed E-state index contributed by atoms with van der Waals surface area (Å²) in [6, 6.07) is 0. The molecule has 0 bridgehead atoms. The smallest absolute Gasteiger partial charge is 0.00888 e. The van der Waals surface area contributed by atoms with E-state index in [0.717, 1.165) is 38.5 Å². The third kappa shape index (κ3) is 8.21. The molecular weight excluding hydrogens is 432 g/mol. The van der Waals surface area contributed by atoms with Crippen LogP contribution >= 0.6 is 0 Å². The summed E-state index contributed by atoms with van der Waals surface area (Å²) in [5.41, 5.74) is 10.8. The Morgan fingerprint density at radius 2 is 0.389 bits per heavy atom. The molecule has 0 fully saturated rings. The van der Waals surface area contributed by atoms with Crippen LogP contribution < -0.4 is 0 Å². The van der Waals surface area contributed by atoms with Crippen LogP contribution in [0.3, 0.4) is 0 Å². The monoisotopic (exact) mass is 480 g/mol. The van der Waals surface area contributed by atoms with E-state index in [0.29, 0.717) is 0 Å². The Balaban J connectivity index is 1.79. The average Bonchev–Trinajstić information content (AvgIpc) is 2.86. The van der Waals surface area contributed by atoms with Crippen LogP contribution in [0.25, 0.3) is 0 Å². The molecule has 3 aliphatic rings. The van der Waals surface area contributed by atoms with Crippen molar-refractivity contribution in [3.05, 3.63) is 33.4 Å². The van der Waals surface area contributed by atoms with Crippen molar-refractivity contribution in [2.75, 3.05) is 0 Å². The molecule has 0 aliphatic heterocycles. The molecule has 0 N–H and O–H groups in total. The molecule has 0 aromatic heterocycles. The maximum absolute atomic E-state index is 3.45. The second kappa shape index (κ2) is 15.9. The molecule has 4 rings (SSSR count). The Labute approximate surface area is 222 Å². The van der Waals surface area contributed by atoms with E-state index in [4.69, 9.17) is 0 Å². The Hall–Kier alpha value is -2.10. The third-order valence-corrected chi connectivity index (χ3v) is 8.43. The van der Waals surface area contributed by atoms with Crippen molar-refractivity contribution in [1.82, 2.24) is 0 Å². The normalized spacial score (nSPS) is 20.3. The molecule has 0 radical (unpaired) electrons. The summed E-state index contributed by atoms with van der Waals surface area (Å²) in [5.74, 6) is 20.7. The predicted molar refractivity (Wildman–Crippen MR) is 155 cm³/mol. The highest BCUT2D eigenvalue weighted by atomic mass is 14.3. The first kappa shape index (κ1) is 26.9. The summed E-state index contributed by atoms with van der Waals surface area (Å²) in [6.45, 7) is 0. The van der Waals surface area contributed by atoms with Crippen LogP contribution in [0.1, 0.15) is 149 Å². The van der Waals surface area contributed by atoms with Crippen LogP contribution in [0.15, 0.2) is 0 Å². The number of hydrogen-bond acceptors (Lipinski definition) is 0. The summed E-state index contributed by atoms with van der Waals surface area (Å²) < 4.78 is 0. The van der Waals surface area contributed by atoms with E-state index < -0.39 is 0 Å². The summed E-state index contributed by atoms with van der Waals surface area (Å²) in [7, 11) is 0. The lowest BCUT2D eigenvalue weighted by Crippen LogP contribution is -2.15. The zero-order valence-electron chi connectivity index (χ0n) is 23.0. The SMILES string of the molecule is C1#CCCCCc2c(c3c(c4c2CCCCC#CCCCC4)CCCCC#CCCCC3)CCCC1. The molecule has 0 amide bonds. The van der Waals surface area contributed by atoms with Gasteiger partial charge < -0.3 is 0 Å². The molecule has 0 saturated carbocycles. The van der Waals surface area contributed by atoms with Crippen molar-refractivity contribution in [1.29, 1.82) is 0 Å². The molecule has 0 saturated heterocycles. The minimum absolute atomic E-state index is 1.09. The summed E-state index contributed by atoms with van der Waals surface area (Å²) in [6.07, 6.45) is 29.5. The topological polar surface area (TPSA) is 0 Å². The van der Waals surface area contributed by atoms with Crippen LogP contribution in [0.5, 0.6) is 0 Å². The molecule has 192 valence electrons. The van der Waals surface area contributed by atoms with Gasteiger partial charge in [-0.3, -0.25) is 0 Å². The van der Waals surface area contributed by atoms with Crippen LogP contribution in [0.2, 0.25) is 0 Å². The van der Waals surface area contributed by atoms with Gasteiger partial charge in [-0.2, -0.15) is 0 Å². The first-order valence-electron chi connectivity index (χ1n) is 15.5. The van der Waals surface area contributed by atoms with E-state index >= 15 is 0 Å². The van der Waals surface area contributed by atoms with Gasteiger partial charge in [-0.05, 0) is 149 Å². The first-order valence-corrected chi connectivity index (χ1v) is 15.5. The molecule has 0 unspecified atom stereocenters. The second-order valence-corrected chi connectivity index (χ2v) is 11.2. The highest BCUT2D eigenvalue weighted by Gasteiger charge is 2.23. The van der Waals surface area contributed by atoms with Gasteiger partial charge in [0.2, 0.25) is 0 Å². The molecule has 0 nitrogen and oxygen atoms in total. The highest BCUT2D eigenvalue weighted by Crippen LogP contribution is 2.36. The van der Waals surface area contributed by atoms with Crippen molar-refractivity contribution in [2.24, 2.45) is 0 Å². The fourth-order valence-electron chi connectivity index (χ4n) is 6.52. The number of hydrogen-bond donors (Lipinski definition) is 0. The molecule has 0 heterocycles. The van der Waals surface area contributed by atoms with Crippen LogP contribution in [-0.4, -0.2) is 0 Å². The summed E-state index contributed by atoms with van der Waals surface area (Å²) in [5, 5.41) is 0. The average molecular weight is 481 g/mol. The lowest BCUT2D eigenvalue weighted by Gasteiger charge is -2.28. The fraction of sp³-hybridized carbons (Fsp3) is 0.667. The van der Waals surface area contributed by atoms with Gasteiger partial charge in [-0.25, -0.2) is 0 Å². The standard InChI is InChI=1S/C36H48/c1-2-8-14-20-26-32-31(25-19-13-7-1)33-27-21-15-9-3-4-11-17-23-29-35(33)36-30-24-18-12-6-5-10-16-22-28-34(32)36/h7-30H2. The quantitative estimate of drug-likeness (QED) is 0.325. The van der Waals surface area contributed by atoms with Crippen molar-refractivity contribution in [3.8, 4) is 35.5 Å². The van der Waals surface area contributed by atoms with Crippen molar-refractivity contribution < 1.29 is 0 Å². The van der Waals surface area contributed by atoms with Gasteiger partial charge in [0.05, 0.1) is 0 Å². The van der Waals surface area contributed by atoms with E-state index in [9.17, 15) is 0 Å². The molecule has 3 aliphatic carbocycles. The zero-order chi connectivity index (χ0) is 24.7. The van der Waals surface area contributed by atoms with Crippen molar-refractivity contribution in [2.45, 2.75) is 154 Å². The molecule has 36 heavy (non-hydrogen) atoms. The minimum Gasteiger partial charge on any atom is -0.103 e. The molecule has 1 aromatic rings. The largest absolute Gasteiger partial charge is 0.103 e. The lowest BCUT2D eigenvalue weighted by molar-refractivity contribution is 0.658. The van der Waals surface area contributed by atoms with Gasteiger partial charge >= 0.3 is 0 Å². The molecule has 1 aromatic carbocycles.